The Morgan fingerprint density at radius 1 is 1.53 bits per heavy atom. The number of anilines is 1. The quantitative estimate of drug-likeness (QED) is 0.861. The summed E-state index contributed by atoms with van der Waals surface area (Å²) in [6.07, 6.45) is 0. The van der Waals surface area contributed by atoms with Gasteiger partial charge in [0.25, 0.3) is 0 Å². The zero-order valence-electron chi connectivity index (χ0n) is 10.8. The Balaban J connectivity index is 0.00000256. The van der Waals surface area contributed by atoms with Crippen LogP contribution in [0, 0.1) is 19.8 Å². The van der Waals surface area contributed by atoms with Crippen molar-refractivity contribution in [3.05, 3.63) is 11.4 Å². The molecule has 3 N–H and O–H groups in total. The second kappa shape index (κ2) is 6.61. The third kappa shape index (κ3) is 3.44. The van der Waals surface area contributed by atoms with Crippen LogP contribution in [0.4, 0.5) is 5.69 Å². The van der Waals surface area contributed by atoms with Crippen LogP contribution in [-0.2, 0) is 11.3 Å². The van der Waals surface area contributed by atoms with E-state index in [0.717, 1.165) is 23.6 Å². The maximum atomic E-state index is 11.7. The minimum atomic E-state index is -0.177. The molecule has 17 heavy (non-hydrogen) atoms. The highest BCUT2D eigenvalue weighted by Crippen LogP contribution is 2.19. The highest BCUT2D eigenvalue weighted by molar-refractivity contribution is 5.93. The predicted octanol–water partition coefficient (Wildman–Crippen LogP) is 1.47. The summed E-state index contributed by atoms with van der Waals surface area (Å²) >= 11 is 0. The monoisotopic (exact) mass is 260 g/mol. The molecule has 1 rings (SSSR count). The number of aromatic nitrogens is 2. The van der Waals surface area contributed by atoms with Crippen molar-refractivity contribution in [1.29, 1.82) is 0 Å². The van der Waals surface area contributed by atoms with Crippen molar-refractivity contribution in [2.75, 3.05) is 11.9 Å². The van der Waals surface area contributed by atoms with Crippen LogP contribution in [-0.4, -0.2) is 22.2 Å². The molecule has 0 saturated carbocycles. The van der Waals surface area contributed by atoms with Gasteiger partial charge in [-0.25, -0.2) is 0 Å². The van der Waals surface area contributed by atoms with E-state index in [-0.39, 0.29) is 24.2 Å². The van der Waals surface area contributed by atoms with Crippen LogP contribution in [0.2, 0.25) is 0 Å². The van der Waals surface area contributed by atoms with E-state index in [4.69, 9.17) is 5.73 Å². The number of carbonyl (C=O) groups excluding carboxylic acids is 1. The van der Waals surface area contributed by atoms with Gasteiger partial charge in [-0.15, -0.1) is 12.4 Å². The van der Waals surface area contributed by atoms with Crippen LogP contribution in [0.25, 0.3) is 0 Å². The topological polar surface area (TPSA) is 72.9 Å². The lowest BCUT2D eigenvalue weighted by Crippen LogP contribution is -2.27. The van der Waals surface area contributed by atoms with Crippen molar-refractivity contribution in [3.8, 4) is 0 Å². The molecule has 1 unspecified atom stereocenters. The molecule has 0 spiro atoms. The third-order valence-corrected chi connectivity index (χ3v) is 2.73. The molecule has 0 radical (unpaired) electrons. The molecular formula is C11H21ClN4O. The molecule has 0 fully saturated rings. The van der Waals surface area contributed by atoms with Crippen LogP contribution < -0.4 is 11.1 Å². The van der Waals surface area contributed by atoms with E-state index < -0.39 is 0 Å². The minimum Gasteiger partial charge on any atom is -0.330 e. The normalized spacial score (nSPS) is 11.8. The molecule has 1 atom stereocenters. The zero-order chi connectivity index (χ0) is 12.3. The highest BCUT2D eigenvalue weighted by atomic mass is 35.5. The molecule has 1 aromatic rings. The Hall–Kier alpha value is -1.07. The molecule has 6 heteroatoms. The van der Waals surface area contributed by atoms with E-state index in [1.165, 1.54) is 0 Å². The van der Waals surface area contributed by atoms with E-state index in [1.54, 1.807) is 0 Å². The number of hydrogen-bond acceptors (Lipinski definition) is 3. The lowest BCUT2D eigenvalue weighted by Gasteiger charge is -2.10. The molecule has 1 aromatic heterocycles. The van der Waals surface area contributed by atoms with E-state index in [9.17, 15) is 4.79 Å². The van der Waals surface area contributed by atoms with E-state index >= 15 is 0 Å². The highest BCUT2D eigenvalue weighted by Gasteiger charge is 2.16. The van der Waals surface area contributed by atoms with Crippen molar-refractivity contribution in [1.82, 2.24) is 9.78 Å². The van der Waals surface area contributed by atoms with Gasteiger partial charge in [0.1, 0.15) is 0 Å². The van der Waals surface area contributed by atoms with Gasteiger partial charge in [0.2, 0.25) is 5.91 Å². The molecular weight excluding hydrogens is 240 g/mol. The maximum absolute atomic E-state index is 11.7. The average molecular weight is 261 g/mol. The Morgan fingerprint density at radius 3 is 2.53 bits per heavy atom. The van der Waals surface area contributed by atoms with Crippen molar-refractivity contribution < 1.29 is 4.79 Å². The summed E-state index contributed by atoms with van der Waals surface area (Å²) < 4.78 is 1.87. The van der Waals surface area contributed by atoms with Crippen molar-refractivity contribution >= 4 is 24.0 Å². The Bertz CT molecular complexity index is 389. The van der Waals surface area contributed by atoms with Crippen molar-refractivity contribution in [2.24, 2.45) is 11.7 Å². The van der Waals surface area contributed by atoms with Crippen LogP contribution >= 0.6 is 12.4 Å². The Morgan fingerprint density at radius 2 is 2.12 bits per heavy atom. The summed E-state index contributed by atoms with van der Waals surface area (Å²) in [4.78, 5) is 11.7. The number of amides is 1. The summed E-state index contributed by atoms with van der Waals surface area (Å²) in [6.45, 7) is 8.83. The number of nitrogens with one attached hydrogen (secondary N) is 1. The third-order valence-electron chi connectivity index (χ3n) is 2.73. The van der Waals surface area contributed by atoms with Gasteiger partial charge in [0.05, 0.1) is 17.1 Å². The number of carbonyl (C=O) groups is 1. The fourth-order valence-corrected chi connectivity index (χ4v) is 1.54. The predicted molar refractivity (Wildman–Crippen MR) is 71.5 cm³/mol. The first kappa shape index (κ1) is 15.9. The largest absolute Gasteiger partial charge is 0.330 e. The minimum absolute atomic E-state index is 0. The van der Waals surface area contributed by atoms with Crippen molar-refractivity contribution in [2.45, 2.75) is 34.2 Å². The smallest absolute Gasteiger partial charge is 0.228 e. The molecule has 1 amide bonds. The van der Waals surface area contributed by atoms with E-state index in [1.807, 2.05) is 32.4 Å². The number of halogens is 1. The molecule has 0 aliphatic carbocycles. The first-order chi connectivity index (χ1) is 7.51. The summed E-state index contributed by atoms with van der Waals surface area (Å²) in [5.74, 6) is -0.229. The lowest BCUT2D eigenvalue weighted by molar-refractivity contribution is -0.119. The second-order valence-corrected chi connectivity index (χ2v) is 3.99. The van der Waals surface area contributed by atoms with Crippen LogP contribution in [0.5, 0.6) is 0 Å². The average Bonchev–Trinajstić information content (AvgIpc) is 2.55. The van der Waals surface area contributed by atoms with Crippen LogP contribution in [0.3, 0.4) is 0 Å². The van der Waals surface area contributed by atoms with Crippen LogP contribution in [0.1, 0.15) is 25.2 Å². The summed E-state index contributed by atoms with van der Waals surface area (Å²) in [7, 11) is 0. The number of nitrogens with two attached hydrogens (primary N) is 1. The number of rotatable bonds is 4. The fraction of sp³-hybridized carbons (Fsp3) is 0.636. The zero-order valence-corrected chi connectivity index (χ0v) is 11.6. The number of nitrogens with zero attached hydrogens (tertiary/aromatic N) is 2. The molecule has 0 aliphatic rings. The van der Waals surface area contributed by atoms with Gasteiger partial charge < -0.3 is 11.1 Å². The van der Waals surface area contributed by atoms with E-state index in [2.05, 4.69) is 10.4 Å². The standard InChI is InChI=1S/C11H20N4O.ClH/c1-5-15-9(4)10(8(3)14-15)13-11(16)7(2)6-12;/h7H,5-6,12H2,1-4H3,(H,13,16);1H. The van der Waals surface area contributed by atoms with Crippen LogP contribution in [0.15, 0.2) is 0 Å². The first-order valence-corrected chi connectivity index (χ1v) is 5.56. The molecule has 5 nitrogen and oxygen atoms in total. The summed E-state index contributed by atoms with van der Waals surface area (Å²) in [5, 5.41) is 7.22. The SMILES string of the molecule is CCn1nc(C)c(NC(=O)C(C)CN)c1C.Cl. The van der Waals surface area contributed by atoms with Gasteiger partial charge in [-0.2, -0.15) is 5.10 Å². The maximum Gasteiger partial charge on any atom is 0.228 e. The molecule has 0 aromatic carbocycles. The Kier molecular flexibility index (Phi) is 6.20. The molecule has 1 heterocycles. The molecule has 98 valence electrons. The fourth-order valence-electron chi connectivity index (χ4n) is 1.54. The van der Waals surface area contributed by atoms with Gasteiger partial charge in [0.15, 0.2) is 0 Å². The summed E-state index contributed by atoms with van der Waals surface area (Å²) in [5.41, 5.74) is 8.09. The molecule has 0 bridgehead atoms. The Labute approximate surface area is 108 Å². The lowest BCUT2D eigenvalue weighted by atomic mass is 10.1. The summed E-state index contributed by atoms with van der Waals surface area (Å²) in [6, 6.07) is 0. The van der Waals surface area contributed by atoms with Gasteiger partial charge in [-0.1, -0.05) is 6.92 Å². The number of aryl methyl sites for hydroxylation is 2. The number of hydrogen-bond donors (Lipinski definition) is 2. The molecule has 0 aliphatic heterocycles. The van der Waals surface area contributed by atoms with Crippen molar-refractivity contribution in [3.63, 3.8) is 0 Å². The van der Waals surface area contributed by atoms with Gasteiger partial charge in [0, 0.05) is 19.0 Å². The first-order valence-electron chi connectivity index (χ1n) is 5.56. The van der Waals surface area contributed by atoms with Gasteiger partial charge in [-0.05, 0) is 20.8 Å². The van der Waals surface area contributed by atoms with Gasteiger partial charge in [-0.3, -0.25) is 9.48 Å². The van der Waals surface area contributed by atoms with E-state index in [0.29, 0.717) is 6.54 Å². The molecule has 0 saturated heterocycles. The second-order valence-electron chi connectivity index (χ2n) is 3.99. The van der Waals surface area contributed by atoms with Gasteiger partial charge >= 0.3 is 0 Å².